The van der Waals surface area contributed by atoms with Gasteiger partial charge in [-0.2, -0.15) is 0 Å². The van der Waals surface area contributed by atoms with Gasteiger partial charge in [-0.1, -0.05) is 17.3 Å². The summed E-state index contributed by atoms with van der Waals surface area (Å²) in [4.78, 5) is 6.54. The molecule has 7 nitrogen and oxygen atoms in total. The van der Waals surface area contributed by atoms with Gasteiger partial charge >= 0.3 is 0 Å². The molecular formula is C19H22N4O3S. The SMILES string of the molecule is CCN(c1cccc(C)c1)c1ccc(NS(=O)(=O)c2c(C)noc2C)cn1. The standard InChI is InChI=1S/C19H22N4O3S/c1-5-23(17-8-6-7-13(2)11-17)18-10-9-16(12-20-18)22-27(24,25)19-14(3)21-26-15(19)4/h6-12,22H,5H2,1-4H3. The summed E-state index contributed by atoms with van der Waals surface area (Å²) in [7, 11) is -3.79. The zero-order valence-corrected chi connectivity index (χ0v) is 16.5. The fourth-order valence-electron chi connectivity index (χ4n) is 2.94. The Balaban J connectivity index is 1.85. The minimum absolute atomic E-state index is 0.0570. The summed E-state index contributed by atoms with van der Waals surface area (Å²) < 4.78 is 32.7. The molecule has 0 aliphatic rings. The molecule has 0 radical (unpaired) electrons. The van der Waals surface area contributed by atoms with Crippen LogP contribution in [0.25, 0.3) is 0 Å². The van der Waals surface area contributed by atoms with Crippen LogP contribution < -0.4 is 9.62 Å². The molecule has 1 aromatic carbocycles. The lowest BCUT2D eigenvalue weighted by atomic mass is 10.2. The number of pyridine rings is 1. The summed E-state index contributed by atoms with van der Waals surface area (Å²) in [5.41, 5.74) is 2.89. The number of benzene rings is 1. The molecule has 0 atom stereocenters. The van der Waals surface area contributed by atoms with Crippen LogP contribution in [0.1, 0.15) is 23.9 Å². The Kier molecular flexibility index (Phi) is 5.18. The molecular weight excluding hydrogens is 364 g/mol. The van der Waals surface area contributed by atoms with E-state index in [9.17, 15) is 8.42 Å². The lowest BCUT2D eigenvalue weighted by molar-refractivity contribution is 0.390. The number of nitrogens with one attached hydrogen (secondary N) is 1. The first-order chi connectivity index (χ1) is 12.8. The summed E-state index contributed by atoms with van der Waals surface area (Å²) in [6, 6.07) is 11.6. The van der Waals surface area contributed by atoms with Crippen LogP contribution in [-0.2, 0) is 10.0 Å². The predicted octanol–water partition coefficient (Wildman–Crippen LogP) is 3.95. The van der Waals surface area contributed by atoms with Crippen molar-refractivity contribution >= 4 is 27.2 Å². The Morgan fingerprint density at radius 1 is 1.15 bits per heavy atom. The monoisotopic (exact) mass is 386 g/mol. The van der Waals surface area contributed by atoms with E-state index < -0.39 is 10.0 Å². The predicted molar refractivity (Wildman–Crippen MR) is 105 cm³/mol. The number of aryl methyl sites for hydroxylation is 3. The first-order valence-electron chi connectivity index (χ1n) is 8.57. The van der Waals surface area contributed by atoms with Gasteiger partial charge in [-0.25, -0.2) is 13.4 Å². The maximum Gasteiger partial charge on any atom is 0.267 e. The minimum atomic E-state index is -3.79. The number of rotatable bonds is 6. The minimum Gasteiger partial charge on any atom is -0.360 e. The lowest BCUT2D eigenvalue weighted by Gasteiger charge is -2.22. The van der Waals surface area contributed by atoms with Crippen molar-refractivity contribution in [2.75, 3.05) is 16.2 Å². The van der Waals surface area contributed by atoms with Gasteiger partial charge < -0.3 is 9.42 Å². The van der Waals surface area contributed by atoms with Gasteiger partial charge in [-0.05, 0) is 57.5 Å². The van der Waals surface area contributed by atoms with Crippen molar-refractivity contribution in [2.24, 2.45) is 0 Å². The molecule has 0 saturated carbocycles. The second kappa shape index (κ2) is 7.40. The van der Waals surface area contributed by atoms with Crippen LogP contribution in [0, 0.1) is 20.8 Å². The molecule has 3 aromatic rings. The number of aromatic nitrogens is 2. The highest BCUT2D eigenvalue weighted by Crippen LogP contribution is 2.26. The lowest BCUT2D eigenvalue weighted by Crippen LogP contribution is -2.18. The van der Waals surface area contributed by atoms with Crippen molar-refractivity contribution in [3.05, 3.63) is 59.6 Å². The molecule has 1 N–H and O–H groups in total. The fourth-order valence-corrected chi connectivity index (χ4v) is 4.32. The molecule has 0 spiro atoms. The van der Waals surface area contributed by atoms with E-state index in [1.54, 1.807) is 26.0 Å². The molecule has 0 amide bonds. The van der Waals surface area contributed by atoms with Crippen LogP contribution in [0.4, 0.5) is 17.2 Å². The second-order valence-electron chi connectivity index (χ2n) is 6.25. The molecule has 8 heteroatoms. The van der Waals surface area contributed by atoms with Crippen LogP contribution in [0.15, 0.2) is 52.0 Å². The van der Waals surface area contributed by atoms with E-state index in [2.05, 4.69) is 25.8 Å². The zero-order valence-electron chi connectivity index (χ0n) is 15.7. The highest BCUT2D eigenvalue weighted by Gasteiger charge is 2.24. The van der Waals surface area contributed by atoms with Crippen LogP contribution in [-0.4, -0.2) is 25.1 Å². The molecule has 27 heavy (non-hydrogen) atoms. The molecule has 2 heterocycles. The van der Waals surface area contributed by atoms with Gasteiger partial charge in [0.1, 0.15) is 11.5 Å². The number of hydrogen-bond acceptors (Lipinski definition) is 6. The summed E-state index contributed by atoms with van der Waals surface area (Å²) in [6.07, 6.45) is 1.50. The summed E-state index contributed by atoms with van der Waals surface area (Å²) >= 11 is 0. The Morgan fingerprint density at radius 3 is 2.48 bits per heavy atom. The summed E-state index contributed by atoms with van der Waals surface area (Å²) in [5.74, 6) is 0.990. The van der Waals surface area contributed by atoms with Crippen molar-refractivity contribution in [3.63, 3.8) is 0 Å². The maximum atomic E-state index is 12.6. The number of hydrogen-bond donors (Lipinski definition) is 1. The maximum absolute atomic E-state index is 12.6. The highest BCUT2D eigenvalue weighted by atomic mass is 32.2. The topological polar surface area (TPSA) is 88.3 Å². The van der Waals surface area contributed by atoms with Crippen molar-refractivity contribution in [3.8, 4) is 0 Å². The smallest absolute Gasteiger partial charge is 0.267 e. The van der Waals surface area contributed by atoms with Crippen molar-refractivity contribution in [1.29, 1.82) is 0 Å². The average Bonchev–Trinajstić information content (AvgIpc) is 2.96. The third-order valence-electron chi connectivity index (χ3n) is 4.14. The third-order valence-corrected chi connectivity index (χ3v) is 5.77. The van der Waals surface area contributed by atoms with Gasteiger partial charge in [0.05, 0.1) is 11.9 Å². The van der Waals surface area contributed by atoms with E-state index in [0.717, 1.165) is 23.6 Å². The van der Waals surface area contributed by atoms with E-state index in [1.807, 2.05) is 32.0 Å². The van der Waals surface area contributed by atoms with Crippen LogP contribution >= 0.6 is 0 Å². The Bertz CT molecular complexity index is 1020. The van der Waals surface area contributed by atoms with Crippen LogP contribution in [0.3, 0.4) is 0 Å². The number of sulfonamides is 1. The van der Waals surface area contributed by atoms with Gasteiger partial charge in [-0.15, -0.1) is 0 Å². The van der Waals surface area contributed by atoms with Gasteiger partial charge in [0.25, 0.3) is 10.0 Å². The van der Waals surface area contributed by atoms with Crippen LogP contribution in [0.5, 0.6) is 0 Å². The Labute approximate surface area is 159 Å². The van der Waals surface area contributed by atoms with Crippen molar-refractivity contribution < 1.29 is 12.9 Å². The molecule has 0 fully saturated rings. The molecule has 0 aliphatic heterocycles. The van der Waals surface area contributed by atoms with Crippen LogP contribution in [0.2, 0.25) is 0 Å². The van der Waals surface area contributed by atoms with Crippen molar-refractivity contribution in [1.82, 2.24) is 10.1 Å². The Hall–Kier alpha value is -2.87. The quantitative estimate of drug-likeness (QED) is 0.690. The largest absolute Gasteiger partial charge is 0.360 e. The molecule has 3 rings (SSSR count). The van der Waals surface area contributed by atoms with Crippen molar-refractivity contribution in [2.45, 2.75) is 32.6 Å². The second-order valence-corrected chi connectivity index (χ2v) is 7.87. The number of anilines is 3. The molecule has 0 unspecified atom stereocenters. The molecule has 0 aliphatic carbocycles. The molecule has 0 bridgehead atoms. The zero-order chi connectivity index (χ0) is 19.6. The highest BCUT2D eigenvalue weighted by molar-refractivity contribution is 7.92. The average molecular weight is 386 g/mol. The normalized spacial score (nSPS) is 11.4. The van der Waals surface area contributed by atoms with E-state index in [0.29, 0.717) is 11.4 Å². The third kappa shape index (κ3) is 3.95. The molecule has 2 aromatic heterocycles. The summed E-state index contributed by atoms with van der Waals surface area (Å²) in [6.45, 7) is 7.97. The molecule has 142 valence electrons. The van der Waals surface area contributed by atoms with Gasteiger partial charge in [0.2, 0.25) is 0 Å². The van der Waals surface area contributed by atoms with E-state index in [4.69, 9.17) is 4.52 Å². The first-order valence-corrected chi connectivity index (χ1v) is 10.1. The van der Waals surface area contributed by atoms with E-state index >= 15 is 0 Å². The number of nitrogens with zero attached hydrogens (tertiary/aromatic N) is 3. The van der Waals surface area contributed by atoms with Gasteiger partial charge in [0.15, 0.2) is 10.7 Å². The molecule has 0 saturated heterocycles. The van der Waals surface area contributed by atoms with Gasteiger partial charge in [0, 0.05) is 12.2 Å². The summed E-state index contributed by atoms with van der Waals surface area (Å²) in [5, 5.41) is 3.70. The van der Waals surface area contributed by atoms with E-state index in [1.165, 1.54) is 6.20 Å². The first kappa shape index (κ1) is 18.9. The fraction of sp³-hybridized carbons (Fsp3) is 0.263. The van der Waals surface area contributed by atoms with Gasteiger partial charge in [-0.3, -0.25) is 4.72 Å². The Morgan fingerprint density at radius 2 is 1.93 bits per heavy atom. The van der Waals surface area contributed by atoms with E-state index in [-0.39, 0.29) is 10.7 Å².